The van der Waals surface area contributed by atoms with Crippen LogP contribution >= 0.6 is 0 Å². The number of methoxy groups -OCH3 is 1. The van der Waals surface area contributed by atoms with Crippen LogP contribution in [0.2, 0.25) is 0 Å². The highest BCUT2D eigenvalue weighted by Crippen LogP contribution is 2.14. The van der Waals surface area contributed by atoms with E-state index < -0.39 is 24.5 Å². The maximum atomic E-state index is 12.1. The van der Waals surface area contributed by atoms with Crippen molar-refractivity contribution in [1.82, 2.24) is 15.5 Å². The molecule has 0 spiro atoms. The molecule has 0 radical (unpaired) electrons. The van der Waals surface area contributed by atoms with Crippen molar-refractivity contribution < 1.29 is 33.1 Å². The molecule has 3 rings (SSSR count). The van der Waals surface area contributed by atoms with Gasteiger partial charge in [-0.05, 0) is 42.0 Å². The van der Waals surface area contributed by atoms with Crippen molar-refractivity contribution in [2.45, 2.75) is 20.1 Å². The topological polar surface area (TPSA) is 130 Å². The van der Waals surface area contributed by atoms with E-state index in [1.54, 1.807) is 43.3 Å². The molecule has 0 saturated carbocycles. The Hall–Kier alpha value is -4.21. The number of benzene rings is 2. The molecule has 0 aliphatic rings. The maximum Gasteiger partial charge on any atom is 0.338 e. The molecule has 1 aromatic heterocycles. The van der Waals surface area contributed by atoms with Crippen molar-refractivity contribution in [2.24, 2.45) is 0 Å². The number of aromatic nitrogens is 2. The summed E-state index contributed by atoms with van der Waals surface area (Å²) in [6.07, 6.45) is 0. The van der Waals surface area contributed by atoms with E-state index in [-0.39, 0.29) is 18.7 Å². The number of hydrogen-bond acceptors (Lipinski definition) is 9. The van der Waals surface area contributed by atoms with Gasteiger partial charge >= 0.3 is 11.9 Å². The summed E-state index contributed by atoms with van der Waals surface area (Å²) in [4.78, 5) is 39.5. The summed E-state index contributed by atoms with van der Waals surface area (Å²) in [5.74, 6) is -0.151. The van der Waals surface area contributed by atoms with E-state index in [9.17, 15) is 14.4 Å². The summed E-state index contributed by atoms with van der Waals surface area (Å²) in [7, 11) is 1.30. The fraction of sp³-hybridized carbons (Fsp3) is 0.227. The van der Waals surface area contributed by atoms with E-state index in [0.29, 0.717) is 23.0 Å². The number of hydrogen-bond donors (Lipinski definition) is 1. The summed E-state index contributed by atoms with van der Waals surface area (Å²) in [5, 5.41) is 6.36. The van der Waals surface area contributed by atoms with Crippen LogP contribution in [0.15, 0.2) is 53.1 Å². The molecule has 1 heterocycles. The molecule has 0 saturated heterocycles. The Kier molecular flexibility index (Phi) is 7.52. The van der Waals surface area contributed by atoms with Crippen molar-refractivity contribution in [2.75, 3.05) is 13.7 Å². The Bertz CT molecular complexity index is 1080. The standard InChI is InChI=1S/C22H21N3O7/c1-14-24-19(25-32-14)12-30-18-9-7-17(8-10-18)22(28)31-13-20(26)23-11-15-3-5-16(6-4-15)21(27)29-2/h3-10H,11-13H2,1-2H3,(H,23,26). The van der Waals surface area contributed by atoms with E-state index in [0.717, 1.165) is 5.56 Å². The molecule has 1 N–H and O–H groups in total. The first-order valence-electron chi connectivity index (χ1n) is 9.57. The van der Waals surface area contributed by atoms with Crippen LogP contribution in [0.25, 0.3) is 0 Å². The van der Waals surface area contributed by atoms with Gasteiger partial charge in [0.2, 0.25) is 11.7 Å². The summed E-state index contributed by atoms with van der Waals surface area (Å²) in [6.45, 7) is 1.62. The van der Waals surface area contributed by atoms with E-state index in [1.165, 1.54) is 19.2 Å². The van der Waals surface area contributed by atoms with E-state index in [2.05, 4.69) is 20.2 Å². The van der Waals surface area contributed by atoms with Crippen LogP contribution in [-0.2, 0) is 27.4 Å². The minimum absolute atomic E-state index is 0.132. The monoisotopic (exact) mass is 439 g/mol. The third-order valence-corrected chi connectivity index (χ3v) is 4.23. The SMILES string of the molecule is COC(=O)c1ccc(CNC(=O)COC(=O)c2ccc(OCc3noc(C)n3)cc2)cc1. The highest BCUT2D eigenvalue weighted by Gasteiger charge is 2.11. The molecule has 10 heteroatoms. The number of nitrogens with one attached hydrogen (secondary N) is 1. The van der Waals surface area contributed by atoms with E-state index in [1.807, 2.05) is 0 Å². The molecule has 1 amide bonds. The second kappa shape index (κ2) is 10.7. The zero-order valence-electron chi connectivity index (χ0n) is 17.5. The molecule has 166 valence electrons. The molecular formula is C22H21N3O7. The molecule has 0 atom stereocenters. The van der Waals surface area contributed by atoms with Crippen LogP contribution in [0.5, 0.6) is 5.75 Å². The predicted molar refractivity (Wildman–Crippen MR) is 110 cm³/mol. The van der Waals surface area contributed by atoms with Crippen molar-refractivity contribution >= 4 is 17.8 Å². The number of rotatable bonds is 9. The van der Waals surface area contributed by atoms with Crippen molar-refractivity contribution in [3.8, 4) is 5.75 Å². The van der Waals surface area contributed by atoms with Crippen molar-refractivity contribution in [3.63, 3.8) is 0 Å². The van der Waals surface area contributed by atoms with Gasteiger partial charge in [0, 0.05) is 13.5 Å². The Labute approximate surface area is 183 Å². The predicted octanol–water partition coefficient (Wildman–Crippen LogP) is 2.22. The van der Waals surface area contributed by atoms with Gasteiger partial charge in [-0.1, -0.05) is 17.3 Å². The largest absolute Gasteiger partial charge is 0.485 e. The summed E-state index contributed by atoms with van der Waals surface area (Å²) in [6, 6.07) is 12.8. The number of esters is 2. The van der Waals surface area contributed by atoms with Gasteiger partial charge in [0.25, 0.3) is 5.91 Å². The first-order chi connectivity index (χ1) is 15.4. The number of nitrogens with zero attached hydrogens (tertiary/aromatic N) is 2. The molecule has 3 aromatic rings. The smallest absolute Gasteiger partial charge is 0.338 e. The second-order valence-electron chi connectivity index (χ2n) is 6.58. The fourth-order valence-corrected chi connectivity index (χ4v) is 2.58. The fourth-order valence-electron chi connectivity index (χ4n) is 2.58. The van der Waals surface area contributed by atoms with Crippen LogP contribution in [0.3, 0.4) is 0 Å². The maximum absolute atomic E-state index is 12.1. The Morgan fingerprint density at radius 3 is 2.25 bits per heavy atom. The van der Waals surface area contributed by atoms with Crippen LogP contribution in [0.4, 0.5) is 0 Å². The second-order valence-corrected chi connectivity index (χ2v) is 6.58. The Morgan fingerprint density at radius 1 is 0.969 bits per heavy atom. The van der Waals surface area contributed by atoms with Crippen LogP contribution < -0.4 is 10.1 Å². The highest BCUT2D eigenvalue weighted by molar-refractivity contribution is 5.91. The third-order valence-electron chi connectivity index (χ3n) is 4.23. The molecule has 0 fully saturated rings. The summed E-state index contributed by atoms with van der Waals surface area (Å²) in [5.41, 5.74) is 1.47. The van der Waals surface area contributed by atoms with Gasteiger partial charge in [0.05, 0.1) is 18.2 Å². The lowest BCUT2D eigenvalue weighted by Gasteiger charge is -2.08. The van der Waals surface area contributed by atoms with Gasteiger partial charge in [-0.2, -0.15) is 4.98 Å². The van der Waals surface area contributed by atoms with Gasteiger partial charge in [-0.15, -0.1) is 0 Å². The third kappa shape index (κ3) is 6.39. The number of carbonyl (C=O) groups is 3. The minimum atomic E-state index is -0.636. The number of carbonyl (C=O) groups excluding carboxylic acids is 3. The molecule has 0 unspecified atom stereocenters. The lowest BCUT2D eigenvalue weighted by atomic mass is 10.1. The Morgan fingerprint density at radius 2 is 1.62 bits per heavy atom. The van der Waals surface area contributed by atoms with E-state index in [4.69, 9.17) is 14.0 Å². The van der Waals surface area contributed by atoms with E-state index >= 15 is 0 Å². The van der Waals surface area contributed by atoms with Crippen LogP contribution in [-0.4, -0.2) is 41.7 Å². The zero-order valence-corrected chi connectivity index (χ0v) is 17.5. The molecular weight excluding hydrogens is 418 g/mol. The molecule has 32 heavy (non-hydrogen) atoms. The lowest BCUT2D eigenvalue weighted by Crippen LogP contribution is -2.28. The molecule has 0 aliphatic carbocycles. The first-order valence-corrected chi connectivity index (χ1v) is 9.57. The molecule has 0 aliphatic heterocycles. The van der Waals surface area contributed by atoms with Crippen LogP contribution in [0.1, 0.15) is 38.0 Å². The molecule has 10 nitrogen and oxygen atoms in total. The zero-order chi connectivity index (χ0) is 22.9. The van der Waals surface area contributed by atoms with Gasteiger partial charge < -0.3 is 24.1 Å². The number of aryl methyl sites for hydroxylation is 1. The molecule has 0 bridgehead atoms. The average molecular weight is 439 g/mol. The van der Waals surface area contributed by atoms with Gasteiger partial charge in [-0.3, -0.25) is 4.79 Å². The average Bonchev–Trinajstić information content (AvgIpc) is 3.25. The lowest BCUT2D eigenvalue weighted by molar-refractivity contribution is -0.124. The normalized spacial score (nSPS) is 10.3. The summed E-state index contributed by atoms with van der Waals surface area (Å²) < 4.78 is 20.0. The number of ether oxygens (including phenoxy) is 3. The van der Waals surface area contributed by atoms with Crippen LogP contribution in [0, 0.1) is 6.92 Å². The van der Waals surface area contributed by atoms with Gasteiger partial charge in [-0.25, -0.2) is 9.59 Å². The van der Waals surface area contributed by atoms with Crippen molar-refractivity contribution in [3.05, 3.63) is 76.9 Å². The quantitative estimate of drug-likeness (QED) is 0.499. The van der Waals surface area contributed by atoms with Crippen molar-refractivity contribution in [1.29, 1.82) is 0 Å². The molecule has 2 aromatic carbocycles. The van der Waals surface area contributed by atoms with Gasteiger partial charge in [0.1, 0.15) is 5.75 Å². The van der Waals surface area contributed by atoms with Gasteiger partial charge in [0.15, 0.2) is 13.2 Å². The number of amides is 1. The first kappa shape index (κ1) is 22.5. The highest BCUT2D eigenvalue weighted by atomic mass is 16.5. The minimum Gasteiger partial charge on any atom is -0.485 e. The summed E-state index contributed by atoms with van der Waals surface area (Å²) >= 11 is 0. The Balaban J connectivity index is 1.40.